The van der Waals surface area contributed by atoms with Gasteiger partial charge in [0.05, 0.1) is 0 Å². The number of rotatable bonds is 5. The van der Waals surface area contributed by atoms with E-state index in [0.717, 1.165) is 19.4 Å². The highest BCUT2D eigenvalue weighted by Crippen LogP contribution is 2.42. The van der Waals surface area contributed by atoms with Crippen molar-refractivity contribution in [3.63, 3.8) is 0 Å². The van der Waals surface area contributed by atoms with Gasteiger partial charge in [-0.2, -0.15) is 11.8 Å². The fraction of sp³-hybridized carbons (Fsp3) is 0.923. The Balaban J connectivity index is 1.66. The zero-order valence-corrected chi connectivity index (χ0v) is 11.4. The van der Waals surface area contributed by atoms with Gasteiger partial charge in [0.1, 0.15) is 0 Å². The maximum Gasteiger partial charge on any atom is 0.220 e. The van der Waals surface area contributed by atoms with Crippen molar-refractivity contribution in [1.82, 2.24) is 5.32 Å². The van der Waals surface area contributed by atoms with Crippen LogP contribution in [0.25, 0.3) is 0 Å². The maximum absolute atomic E-state index is 11.9. The number of hydrogen-bond donors (Lipinski definition) is 2. The Hall–Kier alpha value is -0.220. The van der Waals surface area contributed by atoms with E-state index in [4.69, 9.17) is 5.73 Å². The molecule has 0 spiro atoms. The first-order chi connectivity index (χ1) is 8.24. The zero-order valence-electron chi connectivity index (χ0n) is 10.5. The van der Waals surface area contributed by atoms with Crippen molar-refractivity contribution in [3.05, 3.63) is 0 Å². The van der Waals surface area contributed by atoms with Gasteiger partial charge in [-0.25, -0.2) is 0 Å². The number of thioether (sulfide) groups is 1. The SMILES string of the molecule is NCC1(CC(=O)NCC2CCCCS2)CCC1. The van der Waals surface area contributed by atoms with E-state index in [9.17, 15) is 4.79 Å². The minimum atomic E-state index is 0.143. The Kier molecular flexibility index (Phi) is 4.74. The predicted molar refractivity (Wildman–Crippen MR) is 73.1 cm³/mol. The van der Waals surface area contributed by atoms with Gasteiger partial charge in [-0.1, -0.05) is 12.8 Å². The minimum Gasteiger partial charge on any atom is -0.355 e. The Labute approximate surface area is 108 Å². The molecular weight excluding hydrogens is 232 g/mol. The summed E-state index contributed by atoms with van der Waals surface area (Å²) in [5.74, 6) is 1.47. The first kappa shape index (κ1) is 13.2. The molecule has 3 nitrogen and oxygen atoms in total. The summed E-state index contributed by atoms with van der Waals surface area (Å²) in [5, 5.41) is 3.74. The third-order valence-corrected chi connectivity index (χ3v) is 5.58. The molecule has 2 aliphatic rings. The molecule has 1 saturated carbocycles. The number of amides is 1. The van der Waals surface area contributed by atoms with Crippen LogP contribution in [0.3, 0.4) is 0 Å². The van der Waals surface area contributed by atoms with Crippen molar-refractivity contribution in [2.75, 3.05) is 18.8 Å². The number of nitrogens with one attached hydrogen (secondary N) is 1. The highest BCUT2D eigenvalue weighted by molar-refractivity contribution is 7.99. The van der Waals surface area contributed by atoms with E-state index in [1.54, 1.807) is 0 Å². The molecule has 1 heterocycles. The van der Waals surface area contributed by atoms with Gasteiger partial charge < -0.3 is 11.1 Å². The highest BCUT2D eigenvalue weighted by atomic mass is 32.2. The third kappa shape index (κ3) is 3.62. The van der Waals surface area contributed by atoms with Crippen LogP contribution in [0, 0.1) is 5.41 Å². The van der Waals surface area contributed by atoms with Gasteiger partial charge in [0.25, 0.3) is 0 Å². The molecule has 0 aromatic heterocycles. The average Bonchev–Trinajstić information content (AvgIpc) is 2.33. The second kappa shape index (κ2) is 6.10. The first-order valence-corrected chi connectivity index (χ1v) is 7.87. The normalized spacial score (nSPS) is 27.2. The molecule has 1 aliphatic carbocycles. The molecule has 2 rings (SSSR count). The quantitative estimate of drug-likeness (QED) is 0.790. The van der Waals surface area contributed by atoms with Gasteiger partial charge in [0, 0.05) is 18.2 Å². The Morgan fingerprint density at radius 3 is 2.71 bits per heavy atom. The van der Waals surface area contributed by atoms with Gasteiger partial charge in [-0.3, -0.25) is 4.79 Å². The van der Waals surface area contributed by atoms with E-state index in [2.05, 4.69) is 5.32 Å². The monoisotopic (exact) mass is 256 g/mol. The lowest BCUT2D eigenvalue weighted by Crippen LogP contribution is -2.43. The molecular formula is C13H24N2OS. The Morgan fingerprint density at radius 1 is 1.35 bits per heavy atom. The topological polar surface area (TPSA) is 55.1 Å². The fourth-order valence-corrected chi connectivity index (χ4v) is 3.97. The van der Waals surface area contributed by atoms with Gasteiger partial charge in [0.2, 0.25) is 5.91 Å². The van der Waals surface area contributed by atoms with Crippen molar-refractivity contribution >= 4 is 17.7 Å². The molecule has 0 bridgehead atoms. The largest absolute Gasteiger partial charge is 0.355 e. The summed E-state index contributed by atoms with van der Waals surface area (Å²) in [5.41, 5.74) is 5.91. The Bertz CT molecular complexity index is 255. The summed E-state index contributed by atoms with van der Waals surface area (Å²) in [7, 11) is 0. The molecule has 0 aromatic rings. The summed E-state index contributed by atoms with van der Waals surface area (Å²) in [6.07, 6.45) is 8.06. The predicted octanol–water partition coefficient (Wildman–Crippen LogP) is 1.91. The fourth-order valence-electron chi connectivity index (χ4n) is 2.73. The summed E-state index contributed by atoms with van der Waals surface area (Å²) >= 11 is 2.01. The molecule has 0 aromatic carbocycles. The Morgan fingerprint density at radius 2 is 2.18 bits per heavy atom. The lowest BCUT2D eigenvalue weighted by molar-refractivity contribution is -0.124. The molecule has 1 aliphatic heterocycles. The van der Waals surface area contributed by atoms with E-state index in [1.165, 1.54) is 31.4 Å². The minimum absolute atomic E-state index is 0.143. The van der Waals surface area contributed by atoms with E-state index >= 15 is 0 Å². The van der Waals surface area contributed by atoms with Crippen molar-refractivity contribution < 1.29 is 4.79 Å². The van der Waals surface area contributed by atoms with E-state index in [0.29, 0.717) is 18.2 Å². The van der Waals surface area contributed by atoms with Crippen LogP contribution in [0.15, 0.2) is 0 Å². The van der Waals surface area contributed by atoms with Crippen molar-refractivity contribution in [1.29, 1.82) is 0 Å². The number of nitrogens with two attached hydrogens (primary N) is 1. The van der Waals surface area contributed by atoms with Crippen LogP contribution >= 0.6 is 11.8 Å². The van der Waals surface area contributed by atoms with Gasteiger partial charge in [-0.05, 0) is 43.4 Å². The molecule has 1 atom stereocenters. The molecule has 0 radical (unpaired) electrons. The van der Waals surface area contributed by atoms with Crippen LogP contribution in [-0.2, 0) is 4.79 Å². The molecule has 17 heavy (non-hydrogen) atoms. The van der Waals surface area contributed by atoms with Crippen molar-refractivity contribution in [2.45, 2.75) is 50.2 Å². The number of carbonyl (C=O) groups excluding carboxylic acids is 1. The number of carbonyl (C=O) groups is 1. The van der Waals surface area contributed by atoms with Crippen molar-refractivity contribution in [3.8, 4) is 0 Å². The summed E-state index contributed by atoms with van der Waals surface area (Å²) in [6.45, 7) is 1.52. The van der Waals surface area contributed by atoms with E-state index in [1.807, 2.05) is 11.8 Å². The smallest absolute Gasteiger partial charge is 0.220 e. The summed E-state index contributed by atoms with van der Waals surface area (Å²) in [4.78, 5) is 11.9. The lowest BCUT2D eigenvalue weighted by Gasteiger charge is -2.40. The average molecular weight is 256 g/mol. The highest BCUT2D eigenvalue weighted by Gasteiger charge is 2.37. The van der Waals surface area contributed by atoms with Crippen LogP contribution in [0.2, 0.25) is 0 Å². The van der Waals surface area contributed by atoms with Crippen LogP contribution < -0.4 is 11.1 Å². The van der Waals surface area contributed by atoms with Crippen LogP contribution in [-0.4, -0.2) is 30.0 Å². The van der Waals surface area contributed by atoms with Gasteiger partial charge in [0.15, 0.2) is 0 Å². The molecule has 3 N–H and O–H groups in total. The maximum atomic E-state index is 11.9. The van der Waals surface area contributed by atoms with Crippen LogP contribution in [0.4, 0.5) is 0 Å². The van der Waals surface area contributed by atoms with Gasteiger partial charge >= 0.3 is 0 Å². The van der Waals surface area contributed by atoms with E-state index in [-0.39, 0.29) is 11.3 Å². The first-order valence-electron chi connectivity index (χ1n) is 6.82. The van der Waals surface area contributed by atoms with Crippen LogP contribution in [0.1, 0.15) is 44.9 Å². The molecule has 1 amide bonds. The molecule has 4 heteroatoms. The second-order valence-corrected chi connectivity index (χ2v) is 6.94. The molecule has 98 valence electrons. The standard InChI is InChI=1S/C13H24N2OS/c14-10-13(5-3-6-13)8-12(16)15-9-11-4-1-2-7-17-11/h11H,1-10,14H2,(H,15,16). The molecule has 1 saturated heterocycles. The molecule has 1 unspecified atom stereocenters. The van der Waals surface area contributed by atoms with E-state index < -0.39 is 0 Å². The third-order valence-electron chi connectivity index (χ3n) is 4.18. The second-order valence-electron chi connectivity index (χ2n) is 5.53. The molecule has 2 fully saturated rings. The van der Waals surface area contributed by atoms with Gasteiger partial charge in [-0.15, -0.1) is 0 Å². The van der Waals surface area contributed by atoms with Crippen LogP contribution in [0.5, 0.6) is 0 Å². The summed E-state index contributed by atoms with van der Waals surface area (Å²) < 4.78 is 0. The van der Waals surface area contributed by atoms with Crippen molar-refractivity contribution in [2.24, 2.45) is 11.1 Å². The number of hydrogen-bond acceptors (Lipinski definition) is 3. The summed E-state index contributed by atoms with van der Waals surface area (Å²) in [6, 6.07) is 0. The zero-order chi connectivity index (χ0) is 12.1. The lowest BCUT2D eigenvalue weighted by atomic mass is 9.66.